The minimum absolute atomic E-state index is 0.609. The lowest BCUT2D eigenvalue weighted by Gasteiger charge is -2.16. The summed E-state index contributed by atoms with van der Waals surface area (Å²) in [5, 5.41) is 9.88. The third kappa shape index (κ3) is 3.06. The highest BCUT2D eigenvalue weighted by Gasteiger charge is 2.15. The Morgan fingerprint density at radius 2 is 1.63 bits per heavy atom. The van der Waals surface area contributed by atoms with E-state index in [0.29, 0.717) is 17.1 Å². The SMILES string of the molecule is COc1cccc(Oc2ccc(C)cc2)c1C(C)O. The summed E-state index contributed by atoms with van der Waals surface area (Å²) in [5.74, 6) is 1.97. The van der Waals surface area contributed by atoms with E-state index in [9.17, 15) is 5.11 Å². The zero-order valence-corrected chi connectivity index (χ0v) is 11.4. The van der Waals surface area contributed by atoms with E-state index in [1.165, 1.54) is 5.56 Å². The standard InChI is InChI=1S/C16H18O3/c1-11-7-9-13(10-8-11)19-15-6-4-5-14(18-3)16(15)12(2)17/h4-10,12,17H,1-3H3. The molecular weight excluding hydrogens is 240 g/mol. The number of aryl methyl sites for hydroxylation is 1. The number of hydrogen-bond donors (Lipinski definition) is 1. The van der Waals surface area contributed by atoms with Crippen molar-refractivity contribution in [1.29, 1.82) is 0 Å². The smallest absolute Gasteiger partial charge is 0.136 e. The molecule has 100 valence electrons. The minimum atomic E-state index is -0.656. The van der Waals surface area contributed by atoms with Crippen molar-refractivity contribution >= 4 is 0 Å². The van der Waals surface area contributed by atoms with Gasteiger partial charge in [0.2, 0.25) is 0 Å². The highest BCUT2D eigenvalue weighted by atomic mass is 16.5. The fourth-order valence-corrected chi connectivity index (χ4v) is 1.94. The lowest BCUT2D eigenvalue weighted by Crippen LogP contribution is -2.00. The second-order valence-corrected chi connectivity index (χ2v) is 4.46. The van der Waals surface area contributed by atoms with Gasteiger partial charge in [0.05, 0.1) is 18.8 Å². The van der Waals surface area contributed by atoms with E-state index in [2.05, 4.69) is 0 Å². The van der Waals surface area contributed by atoms with Crippen LogP contribution < -0.4 is 9.47 Å². The van der Waals surface area contributed by atoms with Gasteiger partial charge >= 0.3 is 0 Å². The summed E-state index contributed by atoms with van der Waals surface area (Å²) in [7, 11) is 1.58. The predicted octanol–water partition coefficient (Wildman–Crippen LogP) is 3.85. The molecule has 0 heterocycles. The summed E-state index contributed by atoms with van der Waals surface area (Å²) < 4.78 is 11.1. The zero-order valence-electron chi connectivity index (χ0n) is 11.4. The van der Waals surface area contributed by atoms with Crippen LogP contribution in [0.1, 0.15) is 24.2 Å². The number of rotatable bonds is 4. The molecule has 0 saturated heterocycles. The van der Waals surface area contributed by atoms with Crippen LogP contribution in [0.4, 0.5) is 0 Å². The van der Waals surface area contributed by atoms with Crippen LogP contribution >= 0.6 is 0 Å². The number of methoxy groups -OCH3 is 1. The van der Waals surface area contributed by atoms with Gasteiger partial charge in [0, 0.05) is 0 Å². The maximum atomic E-state index is 9.88. The molecule has 0 radical (unpaired) electrons. The Morgan fingerprint density at radius 1 is 1.00 bits per heavy atom. The maximum absolute atomic E-state index is 9.88. The molecule has 0 aliphatic heterocycles. The highest BCUT2D eigenvalue weighted by Crippen LogP contribution is 2.36. The van der Waals surface area contributed by atoms with Gasteiger partial charge in [-0.25, -0.2) is 0 Å². The summed E-state index contributed by atoms with van der Waals surface area (Å²) in [5.41, 5.74) is 1.83. The van der Waals surface area contributed by atoms with Crippen molar-refractivity contribution in [3.63, 3.8) is 0 Å². The summed E-state index contributed by atoms with van der Waals surface area (Å²) in [6, 6.07) is 13.2. The van der Waals surface area contributed by atoms with E-state index in [-0.39, 0.29) is 0 Å². The molecule has 3 nitrogen and oxygen atoms in total. The van der Waals surface area contributed by atoms with Crippen molar-refractivity contribution in [2.45, 2.75) is 20.0 Å². The second-order valence-electron chi connectivity index (χ2n) is 4.46. The van der Waals surface area contributed by atoms with Gasteiger partial charge in [0.15, 0.2) is 0 Å². The minimum Gasteiger partial charge on any atom is -0.496 e. The molecule has 0 saturated carbocycles. The molecule has 0 bridgehead atoms. The summed E-state index contributed by atoms with van der Waals surface area (Å²) in [6.45, 7) is 3.72. The van der Waals surface area contributed by atoms with Crippen molar-refractivity contribution < 1.29 is 14.6 Å². The van der Waals surface area contributed by atoms with Crippen LogP contribution in [0.3, 0.4) is 0 Å². The van der Waals surface area contributed by atoms with E-state index in [1.54, 1.807) is 14.0 Å². The van der Waals surface area contributed by atoms with Gasteiger partial charge in [-0.2, -0.15) is 0 Å². The fraction of sp³-hybridized carbons (Fsp3) is 0.250. The number of ether oxygens (including phenoxy) is 2. The Kier molecular flexibility index (Phi) is 4.07. The number of benzene rings is 2. The van der Waals surface area contributed by atoms with Crippen LogP contribution in [0.5, 0.6) is 17.2 Å². The highest BCUT2D eigenvalue weighted by molar-refractivity contribution is 5.48. The lowest BCUT2D eigenvalue weighted by molar-refractivity contribution is 0.190. The van der Waals surface area contributed by atoms with Crippen LogP contribution in [0, 0.1) is 6.92 Å². The van der Waals surface area contributed by atoms with Gasteiger partial charge in [-0.05, 0) is 38.1 Å². The number of aliphatic hydroxyl groups is 1. The maximum Gasteiger partial charge on any atom is 0.136 e. The molecule has 0 aliphatic rings. The van der Waals surface area contributed by atoms with Gasteiger partial charge in [0.1, 0.15) is 17.2 Å². The Morgan fingerprint density at radius 3 is 2.21 bits per heavy atom. The first-order valence-electron chi connectivity index (χ1n) is 6.21. The van der Waals surface area contributed by atoms with Gasteiger partial charge in [-0.1, -0.05) is 23.8 Å². The van der Waals surface area contributed by atoms with Crippen molar-refractivity contribution in [3.05, 3.63) is 53.6 Å². The molecule has 1 unspecified atom stereocenters. The third-order valence-corrected chi connectivity index (χ3v) is 2.91. The molecule has 0 aliphatic carbocycles. The van der Waals surface area contributed by atoms with E-state index in [0.717, 1.165) is 5.75 Å². The van der Waals surface area contributed by atoms with Crippen LogP contribution in [-0.4, -0.2) is 12.2 Å². The molecule has 3 heteroatoms. The van der Waals surface area contributed by atoms with E-state index < -0.39 is 6.10 Å². The lowest BCUT2D eigenvalue weighted by atomic mass is 10.1. The second kappa shape index (κ2) is 5.76. The van der Waals surface area contributed by atoms with Crippen LogP contribution in [0.25, 0.3) is 0 Å². The largest absolute Gasteiger partial charge is 0.496 e. The van der Waals surface area contributed by atoms with Crippen molar-refractivity contribution in [3.8, 4) is 17.2 Å². The Balaban J connectivity index is 2.36. The van der Waals surface area contributed by atoms with Gasteiger partial charge in [-0.15, -0.1) is 0 Å². The zero-order chi connectivity index (χ0) is 13.8. The van der Waals surface area contributed by atoms with Crippen LogP contribution in [-0.2, 0) is 0 Å². The average molecular weight is 258 g/mol. The Labute approximate surface area is 113 Å². The third-order valence-electron chi connectivity index (χ3n) is 2.91. The molecule has 1 N–H and O–H groups in total. The molecule has 2 rings (SSSR count). The van der Waals surface area contributed by atoms with E-state index in [1.807, 2.05) is 49.4 Å². The van der Waals surface area contributed by atoms with Gasteiger partial charge < -0.3 is 14.6 Å². The van der Waals surface area contributed by atoms with Crippen molar-refractivity contribution in [2.75, 3.05) is 7.11 Å². The molecule has 19 heavy (non-hydrogen) atoms. The Hall–Kier alpha value is -2.00. The first-order valence-corrected chi connectivity index (χ1v) is 6.21. The summed E-state index contributed by atoms with van der Waals surface area (Å²) in [4.78, 5) is 0. The fourth-order valence-electron chi connectivity index (χ4n) is 1.94. The molecule has 0 amide bonds. The predicted molar refractivity (Wildman–Crippen MR) is 74.9 cm³/mol. The molecule has 0 fully saturated rings. The number of aliphatic hydroxyl groups excluding tert-OH is 1. The molecule has 2 aromatic rings. The van der Waals surface area contributed by atoms with Gasteiger partial charge in [-0.3, -0.25) is 0 Å². The van der Waals surface area contributed by atoms with Crippen molar-refractivity contribution in [1.82, 2.24) is 0 Å². The topological polar surface area (TPSA) is 38.7 Å². The number of hydrogen-bond acceptors (Lipinski definition) is 3. The van der Waals surface area contributed by atoms with E-state index >= 15 is 0 Å². The Bertz CT molecular complexity index is 544. The monoisotopic (exact) mass is 258 g/mol. The molecule has 0 aromatic heterocycles. The molecular formula is C16H18O3. The van der Waals surface area contributed by atoms with Crippen LogP contribution in [0.15, 0.2) is 42.5 Å². The average Bonchev–Trinajstić information content (AvgIpc) is 2.40. The normalized spacial score (nSPS) is 12.0. The first kappa shape index (κ1) is 13.4. The van der Waals surface area contributed by atoms with Gasteiger partial charge in [0.25, 0.3) is 0 Å². The van der Waals surface area contributed by atoms with E-state index in [4.69, 9.17) is 9.47 Å². The molecule has 2 aromatic carbocycles. The van der Waals surface area contributed by atoms with Crippen LogP contribution in [0.2, 0.25) is 0 Å². The van der Waals surface area contributed by atoms with Crippen molar-refractivity contribution in [2.24, 2.45) is 0 Å². The molecule has 1 atom stereocenters. The first-order chi connectivity index (χ1) is 9.11. The summed E-state index contributed by atoms with van der Waals surface area (Å²) in [6.07, 6.45) is -0.656. The quantitative estimate of drug-likeness (QED) is 0.905. The molecule has 0 spiro atoms. The summed E-state index contributed by atoms with van der Waals surface area (Å²) >= 11 is 0.